The predicted molar refractivity (Wildman–Crippen MR) is 86.9 cm³/mol. The highest BCUT2D eigenvalue weighted by molar-refractivity contribution is 7.99. The number of aryl methyl sites for hydroxylation is 1. The molecule has 1 aliphatic heterocycles. The summed E-state index contributed by atoms with van der Waals surface area (Å²) in [5.74, 6) is 1.26. The fourth-order valence-corrected chi connectivity index (χ4v) is 4.29. The van der Waals surface area contributed by atoms with Crippen molar-refractivity contribution in [3.05, 3.63) is 50.2 Å². The van der Waals surface area contributed by atoms with Crippen molar-refractivity contribution in [1.82, 2.24) is 0 Å². The molecule has 6 heteroatoms. The quantitative estimate of drug-likeness (QED) is 0.921. The average molecular weight is 321 g/mol. The molecule has 3 heterocycles. The maximum absolute atomic E-state index is 12.1. The lowest BCUT2D eigenvalue weighted by Gasteiger charge is -2.13. The Morgan fingerprint density at radius 1 is 1.48 bits per heavy atom. The Bertz CT molecular complexity index is 719. The van der Waals surface area contributed by atoms with E-state index in [0.29, 0.717) is 24.4 Å². The molecule has 4 nitrogen and oxygen atoms in total. The van der Waals surface area contributed by atoms with Crippen LogP contribution in [0.1, 0.15) is 28.6 Å². The molecule has 0 bridgehead atoms. The van der Waals surface area contributed by atoms with E-state index < -0.39 is 5.63 Å². The van der Waals surface area contributed by atoms with Crippen LogP contribution in [-0.2, 0) is 0 Å². The van der Waals surface area contributed by atoms with Gasteiger partial charge in [0.15, 0.2) is 0 Å². The number of hydrogen-bond donors (Lipinski definition) is 1. The van der Waals surface area contributed by atoms with Gasteiger partial charge in [-0.2, -0.15) is 23.1 Å². The van der Waals surface area contributed by atoms with Gasteiger partial charge in [-0.1, -0.05) is 0 Å². The molecule has 2 aromatic rings. The minimum Gasteiger partial charge on any atom is -0.507 e. The van der Waals surface area contributed by atoms with Crippen LogP contribution in [0.5, 0.6) is 5.75 Å². The Morgan fingerprint density at radius 2 is 2.33 bits per heavy atom. The molecule has 2 aromatic heterocycles. The zero-order chi connectivity index (χ0) is 14.8. The van der Waals surface area contributed by atoms with Gasteiger partial charge in [-0.05, 0) is 29.3 Å². The fraction of sp³-hybridized carbons (Fsp3) is 0.333. The summed E-state index contributed by atoms with van der Waals surface area (Å²) < 4.78 is 5.11. The van der Waals surface area contributed by atoms with E-state index in [-0.39, 0.29) is 16.6 Å². The van der Waals surface area contributed by atoms with Crippen molar-refractivity contribution in [2.24, 2.45) is 4.99 Å². The van der Waals surface area contributed by atoms with E-state index in [4.69, 9.17) is 4.42 Å². The summed E-state index contributed by atoms with van der Waals surface area (Å²) in [5.41, 5.74) is 1.59. The third-order valence-electron chi connectivity index (χ3n) is 3.35. The smallest absolute Gasteiger partial charge is 0.348 e. The lowest BCUT2D eigenvalue weighted by Crippen LogP contribution is -2.17. The van der Waals surface area contributed by atoms with Gasteiger partial charge in [-0.15, -0.1) is 0 Å². The van der Waals surface area contributed by atoms with Crippen molar-refractivity contribution in [2.45, 2.75) is 18.6 Å². The molecule has 1 atom stereocenters. The molecular formula is C15H15NO3S2. The fourth-order valence-electron chi connectivity index (χ4n) is 2.39. The number of hydrogen-bond acceptors (Lipinski definition) is 6. The van der Waals surface area contributed by atoms with Crippen LogP contribution in [-0.4, -0.2) is 23.1 Å². The van der Waals surface area contributed by atoms with E-state index in [9.17, 15) is 9.90 Å². The Hall–Kier alpha value is -1.53. The van der Waals surface area contributed by atoms with Crippen molar-refractivity contribution in [2.75, 3.05) is 12.3 Å². The van der Waals surface area contributed by atoms with Crippen molar-refractivity contribution < 1.29 is 9.52 Å². The van der Waals surface area contributed by atoms with E-state index in [1.807, 2.05) is 11.8 Å². The van der Waals surface area contributed by atoms with Crippen LogP contribution in [0, 0.1) is 6.92 Å². The molecule has 0 aliphatic carbocycles. The zero-order valence-corrected chi connectivity index (χ0v) is 13.2. The number of aliphatic imine (C=N–C) groups is 1. The lowest BCUT2D eigenvalue weighted by molar-refractivity contribution is 0.432. The van der Waals surface area contributed by atoms with Crippen LogP contribution in [0.4, 0.5) is 0 Å². The minimum atomic E-state index is -0.512. The molecule has 3 rings (SSSR count). The lowest BCUT2D eigenvalue weighted by atomic mass is 10.0. The van der Waals surface area contributed by atoms with Crippen molar-refractivity contribution in [3.8, 4) is 5.75 Å². The van der Waals surface area contributed by atoms with Crippen molar-refractivity contribution in [3.63, 3.8) is 0 Å². The van der Waals surface area contributed by atoms with Crippen LogP contribution in [0.3, 0.4) is 0 Å². The Labute approximate surface area is 130 Å². The first kappa shape index (κ1) is 14.4. The van der Waals surface area contributed by atoms with Gasteiger partial charge in [-0.25, -0.2) is 4.79 Å². The molecule has 110 valence electrons. The Balaban J connectivity index is 1.98. The van der Waals surface area contributed by atoms with E-state index >= 15 is 0 Å². The predicted octanol–water partition coefficient (Wildman–Crippen LogP) is 3.38. The summed E-state index contributed by atoms with van der Waals surface area (Å²) in [4.78, 5) is 16.5. The summed E-state index contributed by atoms with van der Waals surface area (Å²) >= 11 is 3.50. The highest BCUT2D eigenvalue weighted by Crippen LogP contribution is 2.36. The molecule has 0 aromatic carbocycles. The highest BCUT2D eigenvalue weighted by Gasteiger charge is 2.23. The SMILES string of the molecule is Cc1cc(O)c(C2=NCCSC(c3ccsc3)C2)c(=O)o1. The summed E-state index contributed by atoms with van der Waals surface area (Å²) in [7, 11) is 0. The Morgan fingerprint density at radius 3 is 3.05 bits per heavy atom. The number of aromatic hydroxyl groups is 1. The maximum atomic E-state index is 12.1. The van der Waals surface area contributed by atoms with Crippen molar-refractivity contribution >= 4 is 28.8 Å². The molecule has 0 spiro atoms. The first-order valence-corrected chi connectivity index (χ1v) is 8.65. The van der Waals surface area contributed by atoms with E-state index in [2.05, 4.69) is 21.8 Å². The van der Waals surface area contributed by atoms with E-state index in [0.717, 1.165) is 5.75 Å². The van der Waals surface area contributed by atoms with Crippen LogP contribution in [0.2, 0.25) is 0 Å². The summed E-state index contributed by atoms with van der Waals surface area (Å²) in [6.45, 7) is 2.29. The van der Waals surface area contributed by atoms with Gasteiger partial charge in [0, 0.05) is 30.0 Å². The van der Waals surface area contributed by atoms with Gasteiger partial charge in [0.05, 0.1) is 5.71 Å². The number of thiophene rings is 1. The van der Waals surface area contributed by atoms with Gasteiger partial charge in [0.1, 0.15) is 17.1 Å². The molecule has 1 aliphatic rings. The summed E-state index contributed by atoms with van der Waals surface area (Å²) in [6.07, 6.45) is 0.628. The molecule has 1 unspecified atom stereocenters. The highest BCUT2D eigenvalue weighted by atomic mass is 32.2. The van der Waals surface area contributed by atoms with Crippen LogP contribution in [0.25, 0.3) is 0 Å². The molecule has 0 fully saturated rings. The van der Waals surface area contributed by atoms with Crippen molar-refractivity contribution in [1.29, 1.82) is 0 Å². The monoisotopic (exact) mass is 321 g/mol. The second kappa shape index (κ2) is 6.07. The molecule has 0 radical (unpaired) electrons. The van der Waals surface area contributed by atoms with Gasteiger partial charge in [0.2, 0.25) is 0 Å². The van der Waals surface area contributed by atoms with Crippen LogP contribution in [0.15, 0.2) is 37.1 Å². The summed E-state index contributed by atoms with van der Waals surface area (Å²) in [5, 5.41) is 14.5. The molecule has 0 saturated heterocycles. The van der Waals surface area contributed by atoms with E-state index in [1.54, 1.807) is 18.3 Å². The summed E-state index contributed by atoms with van der Waals surface area (Å²) in [6, 6.07) is 3.57. The zero-order valence-electron chi connectivity index (χ0n) is 11.5. The van der Waals surface area contributed by atoms with Crippen LogP contribution < -0.4 is 5.63 Å². The first-order chi connectivity index (χ1) is 10.1. The molecule has 0 saturated carbocycles. The first-order valence-electron chi connectivity index (χ1n) is 6.66. The van der Waals surface area contributed by atoms with Gasteiger partial charge < -0.3 is 9.52 Å². The standard InChI is InChI=1S/C15H15NO3S2/c1-9-6-12(17)14(15(18)19-9)11-7-13(21-5-3-16-11)10-2-4-20-8-10/h2,4,6,8,13,17H,3,5,7H2,1H3. The normalized spacial score (nSPS) is 19.1. The topological polar surface area (TPSA) is 62.8 Å². The molecular weight excluding hydrogens is 306 g/mol. The second-order valence-corrected chi connectivity index (χ2v) is 6.94. The number of rotatable bonds is 2. The number of thioether (sulfide) groups is 1. The average Bonchev–Trinajstić information content (AvgIpc) is 2.85. The van der Waals surface area contributed by atoms with Crippen LogP contribution >= 0.6 is 23.1 Å². The Kier molecular flexibility index (Phi) is 4.17. The largest absolute Gasteiger partial charge is 0.507 e. The molecule has 0 amide bonds. The third-order valence-corrected chi connectivity index (χ3v) is 5.31. The van der Waals surface area contributed by atoms with Gasteiger partial charge in [0.25, 0.3) is 0 Å². The third kappa shape index (κ3) is 3.06. The van der Waals surface area contributed by atoms with Gasteiger partial charge in [-0.3, -0.25) is 4.99 Å². The molecule has 1 N–H and O–H groups in total. The van der Waals surface area contributed by atoms with Gasteiger partial charge >= 0.3 is 5.63 Å². The number of nitrogens with zero attached hydrogens (tertiary/aromatic N) is 1. The maximum Gasteiger partial charge on any atom is 0.348 e. The molecule has 21 heavy (non-hydrogen) atoms. The minimum absolute atomic E-state index is 0.0431. The second-order valence-electron chi connectivity index (χ2n) is 4.85. The van der Waals surface area contributed by atoms with E-state index in [1.165, 1.54) is 11.6 Å².